The lowest BCUT2D eigenvalue weighted by Gasteiger charge is -2.31. The Labute approximate surface area is 130 Å². The molecular formula is C17H23N3O2. The number of hydrogen-bond donors (Lipinski definition) is 1. The zero-order valence-electron chi connectivity index (χ0n) is 13.0. The SMILES string of the molecule is CN1CCCCC1CC(=O)NCCc1nc2ccccc2o1. The third-order valence-corrected chi connectivity index (χ3v) is 4.34. The topological polar surface area (TPSA) is 58.4 Å². The standard InChI is InChI=1S/C17H23N3O2/c1-20-11-5-4-6-13(20)12-16(21)18-10-9-17-19-14-7-2-3-8-15(14)22-17/h2-3,7-8,13H,4-6,9-12H2,1H3,(H,18,21). The molecule has 1 atom stereocenters. The second kappa shape index (κ2) is 6.92. The van der Waals surface area contributed by atoms with Crippen LogP contribution in [0.4, 0.5) is 0 Å². The zero-order valence-corrected chi connectivity index (χ0v) is 13.0. The fourth-order valence-electron chi connectivity index (χ4n) is 3.02. The van der Waals surface area contributed by atoms with Crippen LogP contribution in [0.3, 0.4) is 0 Å². The summed E-state index contributed by atoms with van der Waals surface area (Å²) in [6, 6.07) is 8.10. The van der Waals surface area contributed by atoms with E-state index in [-0.39, 0.29) is 5.91 Å². The Bertz CT molecular complexity index is 605. The molecule has 1 amide bonds. The highest BCUT2D eigenvalue weighted by Gasteiger charge is 2.21. The van der Waals surface area contributed by atoms with Gasteiger partial charge in [0.15, 0.2) is 11.5 Å². The van der Waals surface area contributed by atoms with E-state index in [1.807, 2.05) is 24.3 Å². The highest BCUT2D eigenvalue weighted by molar-refractivity contribution is 5.76. The Morgan fingerprint density at radius 1 is 1.41 bits per heavy atom. The summed E-state index contributed by atoms with van der Waals surface area (Å²) in [5.74, 6) is 0.797. The Morgan fingerprint density at radius 2 is 2.27 bits per heavy atom. The summed E-state index contributed by atoms with van der Waals surface area (Å²) >= 11 is 0. The number of rotatable bonds is 5. The monoisotopic (exact) mass is 301 g/mol. The van der Waals surface area contributed by atoms with Crippen molar-refractivity contribution in [2.24, 2.45) is 0 Å². The molecule has 5 heteroatoms. The third kappa shape index (κ3) is 3.65. The van der Waals surface area contributed by atoms with Gasteiger partial charge in [-0.1, -0.05) is 18.6 Å². The van der Waals surface area contributed by atoms with Crippen molar-refractivity contribution in [3.63, 3.8) is 0 Å². The van der Waals surface area contributed by atoms with E-state index in [0.29, 0.717) is 31.3 Å². The van der Waals surface area contributed by atoms with Gasteiger partial charge in [-0.15, -0.1) is 0 Å². The second-order valence-corrected chi connectivity index (χ2v) is 6.01. The summed E-state index contributed by atoms with van der Waals surface area (Å²) < 4.78 is 5.65. The van der Waals surface area contributed by atoms with Gasteiger partial charge in [0, 0.05) is 25.4 Å². The molecule has 0 aliphatic carbocycles. The number of hydrogen-bond acceptors (Lipinski definition) is 4. The summed E-state index contributed by atoms with van der Waals surface area (Å²) in [7, 11) is 2.11. The van der Waals surface area contributed by atoms with Crippen molar-refractivity contribution < 1.29 is 9.21 Å². The van der Waals surface area contributed by atoms with E-state index in [9.17, 15) is 4.79 Å². The van der Waals surface area contributed by atoms with Gasteiger partial charge in [0.05, 0.1) is 0 Å². The van der Waals surface area contributed by atoms with Crippen molar-refractivity contribution in [3.8, 4) is 0 Å². The maximum atomic E-state index is 12.0. The van der Waals surface area contributed by atoms with Crippen LogP contribution in [-0.2, 0) is 11.2 Å². The van der Waals surface area contributed by atoms with Crippen LogP contribution in [0.25, 0.3) is 11.1 Å². The van der Waals surface area contributed by atoms with Gasteiger partial charge in [-0.3, -0.25) is 4.79 Å². The molecule has 0 radical (unpaired) electrons. The lowest BCUT2D eigenvalue weighted by atomic mass is 10.00. The quantitative estimate of drug-likeness (QED) is 0.921. The van der Waals surface area contributed by atoms with Crippen LogP contribution in [0.1, 0.15) is 31.6 Å². The van der Waals surface area contributed by atoms with E-state index in [1.54, 1.807) is 0 Å². The molecule has 2 aromatic rings. The van der Waals surface area contributed by atoms with Gasteiger partial charge in [0.1, 0.15) is 5.52 Å². The fourth-order valence-corrected chi connectivity index (χ4v) is 3.02. The number of likely N-dealkylation sites (tertiary alicyclic amines) is 1. The number of aromatic nitrogens is 1. The molecule has 1 fully saturated rings. The molecule has 22 heavy (non-hydrogen) atoms. The van der Waals surface area contributed by atoms with E-state index in [2.05, 4.69) is 22.2 Å². The summed E-state index contributed by atoms with van der Waals surface area (Å²) in [5, 5.41) is 2.98. The molecule has 1 aromatic heterocycles. The Kier molecular flexibility index (Phi) is 4.73. The molecule has 1 aliphatic heterocycles. The Balaban J connectivity index is 1.45. The average molecular weight is 301 g/mol. The summed E-state index contributed by atoms with van der Waals surface area (Å²) in [6.45, 7) is 1.67. The first-order valence-corrected chi connectivity index (χ1v) is 8.04. The van der Waals surface area contributed by atoms with Crippen molar-refractivity contribution in [1.82, 2.24) is 15.2 Å². The number of benzene rings is 1. The molecule has 1 N–H and O–H groups in total. The van der Waals surface area contributed by atoms with Gasteiger partial charge in [0.2, 0.25) is 5.91 Å². The van der Waals surface area contributed by atoms with E-state index in [1.165, 1.54) is 12.8 Å². The predicted molar refractivity (Wildman–Crippen MR) is 85.6 cm³/mol. The molecule has 2 heterocycles. The molecule has 0 spiro atoms. The molecule has 5 nitrogen and oxygen atoms in total. The number of nitrogens with zero attached hydrogens (tertiary/aromatic N) is 2. The number of fused-ring (bicyclic) bond motifs is 1. The van der Waals surface area contributed by atoms with E-state index >= 15 is 0 Å². The predicted octanol–water partition coefficient (Wildman–Crippen LogP) is 2.36. The largest absolute Gasteiger partial charge is 0.441 e. The first-order valence-electron chi connectivity index (χ1n) is 8.04. The van der Waals surface area contributed by atoms with Gasteiger partial charge >= 0.3 is 0 Å². The first kappa shape index (κ1) is 15.0. The van der Waals surface area contributed by atoms with Gasteiger partial charge < -0.3 is 14.6 Å². The van der Waals surface area contributed by atoms with Crippen LogP contribution < -0.4 is 5.32 Å². The normalized spacial score (nSPS) is 19.4. The summed E-state index contributed by atoms with van der Waals surface area (Å²) in [5.41, 5.74) is 1.67. The highest BCUT2D eigenvalue weighted by Crippen LogP contribution is 2.17. The minimum absolute atomic E-state index is 0.120. The number of carbonyl (C=O) groups excluding carboxylic acids is 1. The van der Waals surface area contributed by atoms with Gasteiger partial charge in [-0.05, 0) is 38.6 Å². The fraction of sp³-hybridized carbons (Fsp3) is 0.529. The Hall–Kier alpha value is -1.88. The molecule has 0 saturated carbocycles. The van der Waals surface area contributed by atoms with Crippen molar-refractivity contribution in [2.45, 2.75) is 38.1 Å². The number of nitrogens with one attached hydrogen (secondary N) is 1. The minimum Gasteiger partial charge on any atom is -0.441 e. The zero-order chi connectivity index (χ0) is 15.4. The maximum absolute atomic E-state index is 12.0. The maximum Gasteiger partial charge on any atom is 0.221 e. The lowest BCUT2D eigenvalue weighted by molar-refractivity contribution is -0.122. The first-order chi connectivity index (χ1) is 10.7. The number of oxazole rings is 1. The highest BCUT2D eigenvalue weighted by atomic mass is 16.3. The Morgan fingerprint density at radius 3 is 3.09 bits per heavy atom. The number of para-hydroxylation sites is 2. The van der Waals surface area contributed by atoms with Crippen molar-refractivity contribution in [3.05, 3.63) is 30.2 Å². The van der Waals surface area contributed by atoms with Gasteiger partial charge in [-0.25, -0.2) is 4.98 Å². The van der Waals surface area contributed by atoms with Crippen LogP contribution in [-0.4, -0.2) is 42.0 Å². The van der Waals surface area contributed by atoms with Crippen LogP contribution in [0.5, 0.6) is 0 Å². The second-order valence-electron chi connectivity index (χ2n) is 6.01. The minimum atomic E-state index is 0.120. The molecular weight excluding hydrogens is 278 g/mol. The number of carbonyl (C=O) groups is 1. The number of amides is 1. The average Bonchev–Trinajstić information content (AvgIpc) is 2.92. The van der Waals surface area contributed by atoms with E-state index in [4.69, 9.17) is 4.42 Å². The third-order valence-electron chi connectivity index (χ3n) is 4.34. The van der Waals surface area contributed by atoms with Crippen molar-refractivity contribution in [1.29, 1.82) is 0 Å². The molecule has 1 aliphatic rings. The molecule has 118 valence electrons. The smallest absolute Gasteiger partial charge is 0.221 e. The summed E-state index contributed by atoms with van der Waals surface area (Å²) in [4.78, 5) is 18.7. The van der Waals surface area contributed by atoms with Crippen molar-refractivity contribution in [2.75, 3.05) is 20.1 Å². The van der Waals surface area contributed by atoms with Crippen molar-refractivity contribution >= 4 is 17.0 Å². The number of piperidine rings is 1. The van der Waals surface area contributed by atoms with Gasteiger partial charge in [0.25, 0.3) is 0 Å². The lowest BCUT2D eigenvalue weighted by Crippen LogP contribution is -2.40. The molecule has 1 aromatic carbocycles. The molecule has 0 bridgehead atoms. The van der Waals surface area contributed by atoms with Crippen LogP contribution in [0.2, 0.25) is 0 Å². The van der Waals surface area contributed by atoms with Crippen LogP contribution >= 0.6 is 0 Å². The molecule has 1 saturated heterocycles. The molecule has 1 unspecified atom stereocenters. The van der Waals surface area contributed by atoms with Crippen LogP contribution in [0, 0.1) is 0 Å². The molecule has 3 rings (SSSR count). The van der Waals surface area contributed by atoms with E-state index < -0.39 is 0 Å². The van der Waals surface area contributed by atoms with Gasteiger partial charge in [-0.2, -0.15) is 0 Å². The van der Waals surface area contributed by atoms with Crippen LogP contribution in [0.15, 0.2) is 28.7 Å². The van der Waals surface area contributed by atoms with E-state index in [0.717, 1.165) is 24.1 Å². The summed E-state index contributed by atoms with van der Waals surface area (Å²) in [6.07, 6.45) is 4.80.